The van der Waals surface area contributed by atoms with Gasteiger partial charge in [0, 0.05) is 49.1 Å². The number of carbonyl (C=O) groups is 1. The van der Waals surface area contributed by atoms with Crippen LogP contribution in [0.4, 0.5) is 0 Å². The van der Waals surface area contributed by atoms with E-state index in [0.717, 1.165) is 17.7 Å². The number of ether oxygens (including phenoxy) is 1. The van der Waals surface area contributed by atoms with Crippen LogP contribution in [0.1, 0.15) is 22.6 Å². The fourth-order valence-corrected chi connectivity index (χ4v) is 3.00. The summed E-state index contributed by atoms with van der Waals surface area (Å²) in [6.45, 7) is 3.66. The van der Waals surface area contributed by atoms with Crippen LogP contribution < -0.4 is 4.74 Å². The molecule has 1 aliphatic heterocycles. The van der Waals surface area contributed by atoms with Gasteiger partial charge in [-0.25, -0.2) is 0 Å². The third-order valence-electron chi connectivity index (χ3n) is 4.49. The standard InChI is InChI=1S/C19H19N5O3/c1-13-4-5-18(22-21-13)26-12-14-6-8-24(11-14)19(25)16-9-17(27-23-16)15-3-2-7-20-10-15/h2-5,7,9-10,14H,6,8,11-12H2,1H3. The molecule has 1 atom stereocenters. The van der Waals surface area contributed by atoms with Crippen molar-refractivity contribution >= 4 is 5.91 Å². The van der Waals surface area contributed by atoms with Crippen molar-refractivity contribution in [3.05, 3.63) is 54.1 Å². The maximum atomic E-state index is 12.7. The van der Waals surface area contributed by atoms with Crippen LogP contribution in [-0.4, -0.2) is 50.8 Å². The Morgan fingerprint density at radius 2 is 2.26 bits per heavy atom. The molecule has 4 heterocycles. The summed E-state index contributed by atoms with van der Waals surface area (Å²) in [7, 11) is 0. The normalized spacial score (nSPS) is 16.5. The van der Waals surface area contributed by atoms with Crippen LogP contribution in [0.5, 0.6) is 5.88 Å². The summed E-state index contributed by atoms with van der Waals surface area (Å²) in [5.41, 5.74) is 1.94. The van der Waals surface area contributed by atoms with Crippen LogP contribution in [0.3, 0.4) is 0 Å². The fourth-order valence-electron chi connectivity index (χ4n) is 3.00. The molecule has 0 saturated carbocycles. The number of aromatic nitrogens is 4. The molecule has 0 aliphatic carbocycles. The second kappa shape index (κ2) is 7.53. The third-order valence-corrected chi connectivity index (χ3v) is 4.49. The van der Waals surface area contributed by atoms with Crippen molar-refractivity contribution in [3.63, 3.8) is 0 Å². The van der Waals surface area contributed by atoms with E-state index in [1.807, 2.05) is 25.1 Å². The first-order valence-corrected chi connectivity index (χ1v) is 8.78. The number of likely N-dealkylation sites (tertiary alicyclic amines) is 1. The Labute approximate surface area is 156 Å². The van der Waals surface area contributed by atoms with E-state index in [1.54, 1.807) is 29.4 Å². The van der Waals surface area contributed by atoms with Gasteiger partial charge in [-0.2, -0.15) is 5.10 Å². The molecule has 1 saturated heterocycles. The number of nitrogens with zero attached hydrogens (tertiary/aromatic N) is 5. The average Bonchev–Trinajstić information content (AvgIpc) is 3.38. The van der Waals surface area contributed by atoms with Crippen LogP contribution in [0.15, 0.2) is 47.2 Å². The summed E-state index contributed by atoms with van der Waals surface area (Å²) in [5.74, 6) is 1.15. The minimum absolute atomic E-state index is 0.133. The molecule has 0 aromatic carbocycles. The molecule has 8 heteroatoms. The second-order valence-electron chi connectivity index (χ2n) is 6.55. The summed E-state index contributed by atoms with van der Waals surface area (Å²) in [6, 6.07) is 8.99. The Bertz CT molecular complexity index is 911. The molecule has 3 aromatic rings. The van der Waals surface area contributed by atoms with Crippen LogP contribution >= 0.6 is 0 Å². The largest absolute Gasteiger partial charge is 0.476 e. The van der Waals surface area contributed by atoms with E-state index in [9.17, 15) is 4.79 Å². The van der Waals surface area contributed by atoms with Gasteiger partial charge in [0.05, 0.1) is 12.3 Å². The van der Waals surface area contributed by atoms with E-state index in [4.69, 9.17) is 9.26 Å². The number of rotatable bonds is 5. The molecule has 0 radical (unpaired) electrons. The number of carbonyl (C=O) groups excluding carboxylic acids is 1. The second-order valence-corrected chi connectivity index (χ2v) is 6.55. The molecule has 0 spiro atoms. The minimum Gasteiger partial charge on any atom is -0.476 e. The summed E-state index contributed by atoms with van der Waals surface area (Å²) >= 11 is 0. The van der Waals surface area contributed by atoms with E-state index < -0.39 is 0 Å². The van der Waals surface area contributed by atoms with Crippen molar-refractivity contribution in [2.45, 2.75) is 13.3 Å². The maximum absolute atomic E-state index is 12.7. The SMILES string of the molecule is Cc1ccc(OCC2CCN(C(=O)c3cc(-c4cccnc4)on3)C2)nn1. The van der Waals surface area contributed by atoms with Crippen molar-refractivity contribution in [1.29, 1.82) is 0 Å². The molecule has 1 fully saturated rings. The summed E-state index contributed by atoms with van der Waals surface area (Å²) in [5, 5.41) is 11.9. The van der Waals surface area contributed by atoms with Crippen molar-refractivity contribution in [2.24, 2.45) is 5.92 Å². The Kier molecular flexibility index (Phi) is 4.78. The predicted molar refractivity (Wildman–Crippen MR) is 96.0 cm³/mol. The molecule has 27 heavy (non-hydrogen) atoms. The zero-order chi connectivity index (χ0) is 18.6. The highest BCUT2D eigenvalue weighted by molar-refractivity contribution is 5.93. The van der Waals surface area contributed by atoms with Gasteiger partial charge in [-0.15, -0.1) is 5.10 Å². The van der Waals surface area contributed by atoms with Gasteiger partial charge in [-0.3, -0.25) is 9.78 Å². The Morgan fingerprint density at radius 3 is 3.04 bits per heavy atom. The van der Waals surface area contributed by atoms with Crippen LogP contribution in [0.2, 0.25) is 0 Å². The molecule has 3 aromatic heterocycles. The van der Waals surface area contributed by atoms with Gasteiger partial charge < -0.3 is 14.2 Å². The lowest BCUT2D eigenvalue weighted by Gasteiger charge is -2.15. The lowest BCUT2D eigenvalue weighted by molar-refractivity contribution is 0.0772. The van der Waals surface area contributed by atoms with Crippen LogP contribution in [-0.2, 0) is 0 Å². The molecule has 1 amide bonds. The van der Waals surface area contributed by atoms with Crippen molar-refractivity contribution in [3.8, 4) is 17.2 Å². The molecule has 138 valence electrons. The van der Waals surface area contributed by atoms with Gasteiger partial charge >= 0.3 is 0 Å². The zero-order valence-electron chi connectivity index (χ0n) is 14.9. The molecule has 8 nitrogen and oxygen atoms in total. The highest BCUT2D eigenvalue weighted by Crippen LogP contribution is 2.23. The number of hydrogen-bond acceptors (Lipinski definition) is 7. The van der Waals surface area contributed by atoms with E-state index in [1.165, 1.54) is 0 Å². The zero-order valence-corrected chi connectivity index (χ0v) is 14.9. The topological polar surface area (TPSA) is 94.2 Å². The van der Waals surface area contributed by atoms with Crippen molar-refractivity contribution < 1.29 is 14.1 Å². The Balaban J connectivity index is 1.34. The highest BCUT2D eigenvalue weighted by Gasteiger charge is 2.29. The number of hydrogen-bond donors (Lipinski definition) is 0. The quantitative estimate of drug-likeness (QED) is 0.685. The molecule has 1 unspecified atom stereocenters. The van der Waals surface area contributed by atoms with E-state index in [2.05, 4.69) is 20.3 Å². The first kappa shape index (κ1) is 17.1. The predicted octanol–water partition coefficient (Wildman–Crippen LogP) is 2.38. The first-order chi connectivity index (χ1) is 13.2. The van der Waals surface area contributed by atoms with E-state index >= 15 is 0 Å². The molecule has 1 aliphatic rings. The fraction of sp³-hybridized carbons (Fsp3) is 0.316. The molecule has 0 bridgehead atoms. The van der Waals surface area contributed by atoms with Crippen molar-refractivity contribution in [2.75, 3.05) is 19.7 Å². The monoisotopic (exact) mass is 365 g/mol. The smallest absolute Gasteiger partial charge is 0.276 e. The van der Waals surface area contributed by atoms with Gasteiger partial charge in [-0.05, 0) is 31.5 Å². The lowest BCUT2D eigenvalue weighted by atomic mass is 10.1. The van der Waals surface area contributed by atoms with Gasteiger partial charge in [0.1, 0.15) is 0 Å². The van der Waals surface area contributed by atoms with Crippen LogP contribution in [0.25, 0.3) is 11.3 Å². The Hall–Kier alpha value is -3.29. The lowest BCUT2D eigenvalue weighted by Crippen LogP contribution is -2.29. The third kappa shape index (κ3) is 3.94. The van der Waals surface area contributed by atoms with Crippen molar-refractivity contribution in [1.82, 2.24) is 25.2 Å². The number of amides is 1. The maximum Gasteiger partial charge on any atom is 0.276 e. The van der Waals surface area contributed by atoms with Gasteiger partial charge in [0.25, 0.3) is 5.91 Å². The summed E-state index contributed by atoms with van der Waals surface area (Å²) < 4.78 is 11.0. The van der Waals surface area contributed by atoms with Crippen LogP contribution in [0, 0.1) is 12.8 Å². The molecular weight excluding hydrogens is 346 g/mol. The molecule has 0 N–H and O–H groups in total. The van der Waals surface area contributed by atoms with E-state index in [-0.39, 0.29) is 11.8 Å². The summed E-state index contributed by atoms with van der Waals surface area (Å²) in [6.07, 6.45) is 4.23. The highest BCUT2D eigenvalue weighted by atomic mass is 16.5. The summed E-state index contributed by atoms with van der Waals surface area (Å²) in [4.78, 5) is 18.5. The van der Waals surface area contributed by atoms with Gasteiger partial charge in [0.2, 0.25) is 5.88 Å². The molecule has 4 rings (SSSR count). The van der Waals surface area contributed by atoms with Gasteiger partial charge in [0.15, 0.2) is 11.5 Å². The number of aryl methyl sites for hydroxylation is 1. The molecular formula is C19H19N5O3. The van der Waals surface area contributed by atoms with Gasteiger partial charge in [-0.1, -0.05) is 5.16 Å². The first-order valence-electron chi connectivity index (χ1n) is 8.78. The number of pyridine rings is 1. The van der Waals surface area contributed by atoms with E-state index in [0.29, 0.717) is 37.0 Å². The average molecular weight is 365 g/mol. The minimum atomic E-state index is -0.133. The Morgan fingerprint density at radius 1 is 1.33 bits per heavy atom.